The van der Waals surface area contributed by atoms with Gasteiger partial charge in [-0.15, -0.1) is 11.3 Å². The Morgan fingerprint density at radius 1 is 1.35 bits per heavy atom. The Hall–Kier alpha value is -0.380. The summed E-state index contributed by atoms with van der Waals surface area (Å²) in [5.41, 5.74) is 0.363. The predicted molar refractivity (Wildman–Crippen MR) is 91.4 cm³/mol. The number of nitrogens with zero attached hydrogens (tertiary/aromatic N) is 1. The van der Waals surface area contributed by atoms with Crippen LogP contribution in [0.1, 0.15) is 45.9 Å². The van der Waals surface area contributed by atoms with E-state index in [4.69, 9.17) is 0 Å². The van der Waals surface area contributed by atoms with Gasteiger partial charge in [0.1, 0.15) is 0 Å². The van der Waals surface area contributed by atoms with Gasteiger partial charge in [-0.3, -0.25) is 4.90 Å². The van der Waals surface area contributed by atoms with Gasteiger partial charge in [0.2, 0.25) is 0 Å². The predicted octanol–water partition coefficient (Wildman–Crippen LogP) is 4.23. The van der Waals surface area contributed by atoms with Gasteiger partial charge in [0.05, 0.1) is 0 Å². The normalized spacial score (nSPS) is 14.9. The maximum atomic E-state index is 3.64. The summed E-state index contributed by atoms with van der Waals surface area (Å²) in [6.45, 7) is 17.2. The molecule has 1 N–H and O–H groups in total. The van der Waals surface area contributed by atoms with Gasteiger partial charge in [-0.2, -0.15) is 0 Å². The lowest BCUT2D eigenvalue weighted by Crippen LogP contribution is -2.42. The molecule has 1 unspecified atom stereocenters. The zero-order valence-corrected chi connectivity index (χ0v) is 14.7. The summed E-state index contributed by atoms with van der Waals surface area (Å²) in [4.78, 5) is 4.05. The van der Waals surface area contributed by atoms with Crippen molar-refractivity contribution in [3.05, 3.63) is 22.4 Å². The Morgan fingerprint density at radius 3 is 2.60 bits per heavy atom. The standard InChI is InChI=1S/C17H32N2S/c1-6-17(5,13-18-11-15(3)4)14-19(7-2)12-16-9-8-10-20-16/h8-10,15,18H,6-7,11-14H2,1-5H3. The topological polar surface area (TPSA) is 15.3 Å². The summed E-state index contributed by atoms with van der Waals surface area (Å²) in [6.07, 6.45) is 1.22. The number of rotatable bonds is 10. The SMILES string of the molecule is CCN(Cc1cccs1)CC(C)(CC)CNCC(C)C. The molecule has 1 heterocycles. The Balaban J connectivity index is 2.50. The van der Waals surface area contributed by atoms with Crippen LogP contribution in [0.15, 0.2) is 17.5 Å². The monoisotopic (exact) mass is 296 g/mol. The first-order valence-electron chi connectivity index (χ1n) is 7.94. The van der Waals surface area contributed by atoms with Crippen molar-refractivity contribution in [3.63, 3.8) is 0 Å². The molecule has 0 aliphatic rings. The molecule has 0 spiro atoms. The summed E-state index contributed by atoms with van der Waals surface area (Å²) < 4.78 is 0. The van der Waals surface area contributed by atoms with Crippen LogP contribution in [0, 0.1) is 11.3 Å². The summed E-state index contributed by atoms with van der Waals surface area (Å²) in [5.74, 6) is 0.726. The second-order valence-electron chi connectivity index (χ2n) is 6.57. The van der Waals surface area contributed by atoms with Gasteiger partial charge < -0.3 is 5.32 Å². The fourth-order valence-corrected chi connectivity index (χ4v) is 3.14. The molecular formula is C17H32N2S. The van der Waals surface area contributed by atoms with Gasteiger partial charge in [-0.25, -0.2) is 0 Å². The summed E-state index contributed by atoms with van der Waals surface area (Å²) in [7, 11) is 0. The molecule has 0 aliphatic carbocycles. The van der Waals surface area contributed by atoms with E-state index >= 15 is 0 Å². The van der Waals surface area contributed by atoms with Crippen LogP contribution in [0.25, 0.3) is 0 Å². The fourth-order valence-electron chi connectivity index (χ4n) is 2.40. The van der Waals surface area contributed by atoms with Crippen molar-refractivity contribution in [2.45, 2.75) is 47.6 Å². The smallest absolute Gasteiger partial charge is 0.0328 e. The minimum atomic E-state index is 0.363. The van der Waals surface area contributed by atoms with E-state index in [2.05, 4.69) is 62.3 Å². The molecule has 20 heavy (non-hydrogen) atoms. The Kier molecular flexibility index (Phi) is 7.78. The quantitative estimate of drug-likeness (QED) is 0.695. The first-order valence-corrected chi connectivity index (χ1v) is 8.82. The zero-order chi connectivity index (χ0) is 15.0. The molecule has 0 amide bonds. The number of hydrogen-bond donors (Lipinski definition) is 1. The summed E-state index contributed by atoms with van der Waals surface area (Å²) in [5, 5.41) is 5.81. The first kappa shape index (κ1) is 17.7. The van der Waals surface area contributed by atoms with E-state index in [1.807, 2.05) is 11.3 Å². The molecule has 1 atom stereocenters. The average molecular weight is 297 g/mol. The van der Waals surface area contributed by atoms with Crippen molar-refractivity contribution in [2.24, 2.45) is 11.3 Å². The third kappa shape index (κ3) is 6.38. The van der Waals surface area contributed by atoms with E-state index in [0.29, 0.717) is 5.41 Å². The number of nitrogens with one attached hydrogen (secondary N) is 1. The van der Waals surface area contributed by atoms with E-state index < -0.39 is 0 Å². The third-order valence-corrected chi connectivity index (χ3v) is 4.83. The van der Waals surface area contributed by atoms with Crippen molar-refractivity contribution in [2.75, 3.05) is 26.2 Å². The highest BCUT2D eigenvalue weighted by Gasteiger charge is 2.24. The van der Waals surface area contributed by atoms with Gasteiger partial charge in [-0.05, 0) is 42.3 Å². The molecule has 0 aromatic carbocycles. The second-order valence-corrected chi connectivity index (χ2v) is 7.60. The van der Waals surface area contributed by atoms with Gasteiger partial charge in [0.15, 0.2) is 0 Å². The highest BCUT2D eigenvalue weighted by molar-refractivity contribution is 7.09. The van der Waals surface area contributed by atoms with Crippen molar-refractivity contribution >= 4 is 11.3 Å². The molecular weight excluding hydrogens is 264 g/mol. The third-order valence-electron chi connectivity index (χ3n) is 3.97. The zero-order valence-electron chi connectivity index (χ0n) is 13.9. The van der Waals surface area contributed by atoms with Crippen LogP contribution in [0.5, 0.6) is 0 Å². The molecule has 0 saturated heterocycles. The van der Waals surface area contributed by atoms with Crippen LogP contribution in [-0.4, -0.2) is 31.1 Å². The van der Waals surface area contributed by atoms with Crippen molar-refractivity contribution in [1.82, 2.24) is 10.2 Å². The first-order chi connectivity index (χ1) is 9.49. The van der Waals surface area contributed by atoms with Crippen LogP contribution in [0.2, 0.25) is 0 Å². The van der Waals surface area contributed by atoms with Crippen LogP contribution in [0.4, 0.5) is 0 Å². The van der Waals surface area contributed by atoms with Crippen LogP contribution in [0.3, 0.4) is 0 Å². The van der Waals surface area contributed by atoms with E-state index in [1.54, 1.807) is 0 Å². The summed E-state index contributed by atoms with van der Waals surface area (Å²) in [6, 6.07) is 4.39. The highest BCUT2D eigenvalue weighted by atomic mass is 32.1. The van der Waals surface area contributed by atoms with E-state index in [1.165, 1.54) is 17.8 Å². The molecule has 0 saturated carbocycles. The Morgan fingerprint density at radius 2 is 2.10 bits per heavy atom. The number of hydrogen-bond acceptors (Lipinski definition) is 3. The Labute approximate surface area is 129 Å². The maximum absolute atomic E-state index is 3.64. The maximum Gasteiger partial charge on any atom is 0.0328 e. The fraction of sp³-hybridized carbons (Fsp3) is 0.765. The average Bonchev–Trinajstić information content (AvgIpc) is 2.90. The molecule has 1 aromatic rings. The minimum absolute atomic E-state index is 0.363. The van der Waals surface area contributed by atoms with Gasteiger partial charge in [0, 0.05) is 24.5 Å². The van der Waals surface area contributed by atoms with Crippen LogP contribution < -0.4 is 5.32 Å². The molecule has 0 aliphatic heterocycles. The molecule has 2 nitrogen and oxygen atoms in total. The lowest BCUT2D eigenvalue weighted by Gasteiger charge is -2.35. The molecule has 116 valence electrons. The lowest BCUT2D eigenvalue weighted by molar-refractivity contribution is 0.154. The molecule has 0 radical (unpaired) electrons. The molecule has 0 bridgehead atoms. The van der Waals surface area contributed by atoms with E-state index in [9.17, 15) is 0 Å². The minimum Gasteiger partial charge on any atom is -0.316 e. The van der Waals surface area contributed by atoms with Crippen LogP contribution in [-0.2, 0) is 6.54 Å². The Bertz CT molecular complexity index is 348. The van der Waals surface area contributed by atoms with E-state index in [0.717, 1.165) is 32.1 Å². The van der Waals surface area contributed by atoms with Crippen molar-refractivity contribution in [3.8, 4) is 0 Å². The second kappa shape index (κ2) is 8.81. The lowest BCUT2D eigenvalue weighted by atomic mass is 9.86. The number of thiophene rings is 1. The summed E-state index contributed by atoms with van der Waals surface area (Å²) >= 11 is 1.86. The van der Waals surface area contributed by atoms with Crippen LogP contribution >= 0.6 is 11.3 Å². The van der Waals surface area contributed by atoms with Gasteiger partial charge in [-0.1, -0.05) is 40.7 Å². The molecule has 1 rings (SSSR count). The molecule has 3 heteroatoms. The van der Waals surface area contributed by atoms with Gasteiger partial charge >= 0.3 is 0 Å². The highest BCUT2D eigenvalue weighted by Crippen LogP contribution is 2.23. The largest absolute Gasteiger partial charge is 0.316 e. The molecule has 0 fully saturated rings. The van der Waals surface area contributed by atoms with Gasteiger partial charge in [0.25, 0.3) is 0 Å². The van der Waals surface area contributed by atoms with Crippen molar-refractivity contribution < 1.29 is 0 Å². The van der Waals surface area contributed by atoms with E-state index in [-0.39, 0.29) is 0 Å². The van der Waals surface area contributed by atoms with Crippen molar-refractivity contribution in [1.29, 1.82) is 0 Å². The molecule has 1 aromatic heterocycles.